The number of hydrogen-bond donors (Lipinski definition) is 2. The molecule has 1 heterocycles. The van der Waals surface area contributed by atoms with E-state index in [-0.39, 0.29) is 24.1 Å². The van der Waals surface area contributed by atoms with Crippen LogP contribution in [-0.4, -0.2) is 28.5 Å². The molecule has 0 bridgehead atoms. The van der Waals surface area contributed by atoms with Crippen molar-refractivity contribution in [2.45, 2.75) is 25.9 Å². The Morgan fingerprint density at radius 3 is 2.70 bits per heavy atom. The van der Waals surface area contributed by atoms with Crippen LogP contribution in [0, 0.1) is 11.7 Å². The molecule has 0 aliphatic carbocycles. The fourth-order valence-corrected chi connectivity index (χ4v) is 3.38. The van der Waals surface area contributed by atoms with Gasteiger partial charge < -0.3 is 15.7 Å². The van der Waals surface area contributed by atoms with Crippen LogP contribution in [0.15, 0.2) is 48.5 Å². The van der Waals surface area contributed by atoms with E-state index in [1.807, 2.05) is 26.0 Å². The number of hydrogen-bond acceptors (Lipinski definition) is 3. The summed E-state index contributed by atoms with van der Waals surface area (Å²) in [4.78, 5) is 14.6. The molecule has 3 N–H and O–H groups in total. The van der Waals surface area contributed by atoms with Gasteiger partial charge in [0.1, 0.15) is 11.6 Å². The third kappa shape index (κ3) is 3.99. The van der Waals surface area contributed by atoms with Gasteiger partial charge in [-0.15, -0.1) is 0 Å². The number of carbonyl (C=O) groups is 1. The maximum Gasteiger partial charge on any atom is 0.240 e. The molecule has 4 nitrogen and oxygen atoms in total. The van der Waals surface area contributed by atoms with Crippen molar-refractivity contribution in [1.29, 1.82) is 0 Å². The Hall–Kier alpha value is -2.37. The molecule has 3 rings (SSSR count). The predicted octanol–water partition coefficient (Wildman–Crippen LogP) is 4.13. The summed E-state index contributed by atoms with van der Waals surface area (Å²) in [5.41, 5.74) is 7.84. The van der Waals surface area contributed by atoms with Crippen LogP contribution < -0.4 is 5.73 Å². The van der Waals surface area contributed by atoms with Crippen LogP contribution in [0.25, 0.3) is 5.57 Å². The molecule has 2 atom stereocenters. The molecule has 1 aliphatic heterocycles. The Morgan fingerprint density at radius 1 is 1.30 bits per heavy atom. The second-order valence-electron chi connectivity index (χ2n) is 7.09. The first-order chi connectivity index (χ1) is 12.8. The molecule has 1 aliphatic rings. The van der Waals surface area contributed by atoms with Crippen LogP contribution in [0.1, 0.15) is 31.0 Å². The maximum absolute atomic E-state index is 14.4. The van der Waals surface area contributed by atoms with Gasteiger partial charge in [-0.05, 0) is 47.4 Å². The normalized spacial score (nSPS) is 17.9. The molecule has 1 amide bonds. The number of halogens is 2. The Morgan fingerprint density at radius 2 is 2.04 bits per heavy atom. The van der Waals surface area contributed by atoms with E-state index in [2.05, 4.69) is 0 Å². The van der Waals surface area contributed by atoms with Crippen molar-refractivity contribution in [1.82, 2.24) is 4.90 Å². The highest BCUT2D eigenvalue weighted by Gasteiger charge is 2.35. The van der Waals surface area contributed by atoms with Crippen molar-refractivity contribution in [3.8, 4) is 5.75 Å². The van der Waals surface area contributed by atoms with Crippen molar-refractivity contribution in [3.05, 3.63) is 70.5 Å². The van der Waals surface area contributed by atoms with E-state index >= 15 is 0 Å². The number of nitrogens with two attached hydrogens (primary N) is 1. The largest absolute Gasteiger partial charge is 0.508 e. The number of phenols is 1. The molecule has 6 heteroatoms. The molecule has 0 saturated heterocycles. The zero-order valence-corrected chi connectivity index (χ0v) is 15.9. The van der Waals surface area contributed by atoms with E-state index in [1.165, 1.54) is 12.1 Å². The number of phenolic OH excluding ortho intramolecular Hbond substituents is 1. The summed E-state index contributed by atoms with van der Waals surface area (Å²) in [6.07, 6.45) is 1.83. The molecule has 1 unspecified atom stereocenters. The third-order valence-electron chi connectivity index (χ3n) is 4.81. The second kappa shape index (κ2) is 7.71. The van der Waals surface area contributed by atoms with Crippen molar-refractivity contribution in [3.63, 3.8) is 0 Å². The first kappa shape index (κ1) is 19.4. The van der Waals surface area contributed by atoms with Gasteiger partial charge >= 0.3 is 0 Å². The molecule has 0 saturated carbocycles. The first-order valence-corrected chi connectivity index (χ1v) is 9.17. The van der Waals surface area contributed by atoms with Crippen LogP contribution >= 0.6 is 11.6 Å². The van der Waals surface area contributed by atoms with Crippen LogP contribution in [0.2, 0.25) is 5.02 Å². The highest BCUT2D eigenvalue weighted by atomic mass is 35.5. The van der Waals surface area contributed by atoms with Crippen molar-refractivity contribution in [2.24, 2.45) is 11.7 Å². The highest BCUT2D eigenvalue weighted by Crippen LogP contribution is 2.37. The topological polar surface area (TPSA) is 66.6 Å². The number of nitrogens with zero attached hydrogens (tertiary/aromatic N) is 1. The fraction of sp³-hybridized carbons (Fsp3) is 0.286. The highest BCUT2D eigenvalue weighted by molar-refractivity contribution is 6.30. The molecular weight excluding hydrogens is 367 g/mol. The Bertz CT molecular complexity index is 898. The number of amides is 1. The van der Waals surface area contributed by atoms with Crippen LogP contribution in [0.5, 0.6) is 5.75 Å². The summed E-state index contributed by atoms with van der Waals surface area (Å²) in [7, 11) is 0. The van der Waals surface area contributed by atoms with E-state index in [0.717, 1.165) is 5.56 Å². The minimum Gasteiger partial charge on any atom is -0.508 e. The van der Waals surface area contributed by atoms with Crippen molar-refractivity contribution >= 4 is 23.1 Å². The molecule has 0 aromatic heterocycles. The van der Waals surface area contributed by atoms with Gasteiger partial charge in [-0.3, -0.25) is 4.79 Å². The maximum atomic E-state index is 14.4. The summed E-state index contributed by atoms with van der Waals surface area (Å²) in [5, 5.41) is 10.3. The standard InChI is InChI=1S/C21H22ClFN2O2/c1-12(2)20(24)21(27)25-11-14(17-10-15(22)6-7-18(17)23)9-19(25)13-4-3-5-16(26)8-13/h3-10,12,19-20,26H,11,24H2,1-2H3/t19?,20-/m0/s1. The Balaban J connectivity index is 2.04. The van der Waals surface area contributed by atoms with Crippen LogP contribution in [-0.2, 0) is 4.79 Å². The average molecular weight is 389 g/mol. The van der Waals surface area contributed by atoms with E-state index in [0.29, 0.717) is 16.2 Å². The smallest absolute Gasteiger partial charge is 0.240 e. The second-order valence-corrected chi connectivity index (χ2v) is 7.53. The van der Waals surface area contributed by atoms with E-state index in [1.54, 1.807) is 29.2 Å². The monoisotopic (exact) mass is 388 g/mol. The Labute approximate surface area is 163 Å². The first-order valence-electron chi connectivity index (χ1n) is 8.79. The SMILES string of the molecule is CC(C)[C@H](N)C(=O)N1CC(c2cc(Cl)ccc2F)=CC1c1cccc(O)c1. The van der Waals surface area contributed by atoms with Crippen LogP contribution in [0.3, 0.4) is 0 Å². The van der Waals surface area contributed by atoms with Gasteiger partial charge in [0.15, 0.2) is 0 Å². The molecule has 142 valence electrons. The fourth-order valence-electron chi connectivity index (χ4n) is 3.21. The summed E-state index contributed by atoms with van der Waals surface area (Å²) in [6.45, 7) is 3.98. The predicted molar refractivity (Wildman–Crippen MR) is 105 cm³/mol. The lowest BCUT2D eigenvalue weighted by Crippen LogP contribution is -2.46. The van der Waals surface area contributed by atoms with Gasteiger partial charge in [0, 0.05) is 17.1 Å². The van der Waals surface area contributed by atoms with Crippen LogP contribution in [0.4, 0.5) is 4.39 Å². The summed E-state index contributed by atoms with van der Waals surface area (Å²) < 4.78 is 14.4. The number of benzene rings is 2. The molecule has 0 radical (unpaired) electrons. The number of rotatable bonds is 4. The summed E-state index contributed by atoms with van der Waals surface area (Å²) >= 11 is 6.03. The van der Waals surface area contributed by atoms with Gasteiger partial charge in [0.05, 0.1) is 12.1 Å². The molecule has 0 spiro atoms. The van der Waals surface area contributed by atoms with Gasteiger partial charge in [-0.25, -0.2) is 4.39 Å². The zero-order chi connectivity index (χ0) is 19.7. The van der Waals surface area contributed by atoms with Crippen molar-refractivity contribution < 1.29 is 14.3 Å². The molecule has 2 aromatic carbocycles. The van der Waals surface area contributed by atoms with Gasteiger partial charge in [-0.1, -0.05) is 43.7 Å². The lowest BCUT2D eigenvalue weighted by atomic mass is 10.0. The minimum absolute atomic E-state index is 0.0331. The van der Waals surface area contributed by atoms with Crippen molar-refractivity contribution in [2.75, 3.05) is 6.54 Å². The third-order valence-corrected chi connectivity index (χ3v) is 5.04. The molecular formula is C21H22ClFN2O2. The van der Waals surface area contributed by atoms with Gasteiger partial charge in [-0.2, -0.15) is 0 Å². The zero-order valence-electron chi connectivity index (χ0n) is 15.2. The van der Waals surface area contributed by atoms with Gasteiger partial charge in [0.25, 0.3) is 0 Å². The summed E-state index contributed by atoms with van der Waals surface area (Å²) in [5.74, 6) is -0.548. The summed E-state index contributed by atoms with van der Waals surface area (Å²) in [6, 6.07) is 9.93. The van der Waals surface area contributed by atoms with Gasteiger partial charge in [0.2, 0.25) is 5.91 Å². The van der Waals surface area contributed by atoms with E-state index < -0.39 is 17.9 Å². The Kier molecular flexibility index (Phi) is 5.53. The lowest BCUT2D eigenvalue weighted by molar-refractivity contribution is -0.134. The lowest BCUT2D eigenvalue weighted by Gasteiger charge is -2.29. The van der Waals surface area contributed by atoms with E-state index in [4.69, 9.17) is 17.3 Å². The number of carbonyl (C=O) groups excluding carboxylic acids is 1. The van der Waals surface area contributed by atoms with E-state index in [9.17, 15) is 14.3 Å². The number of aromatic hydroxyl groups is 1. The minimum atomic E-state index is -0.665. The molecule has 27 heavy (non-hydrogen) atoms. The molecule has 0 fully saturated rings. The average Bonchev–Trinajstić information content (AvgIpc) is 3.07. The molecule has 2 aromatic rings. The quantitative estimate of drug-likeness (QED) is 0.827.